The highest BCUT2D eigenvalue weighted by molar-refractivity contribution is 5.84. The number of unbranched alkanes of at least 4 members (excludes halogenated alkanes) is 1. The van der Waals surface area contributed by atoms with Crippen LogP contribution in [0.15, 0.2) is 54.7 Å². The Bertz CT molecular complexity index is 743. The molecule has 0 saturated heterocycles. The van der Waals surface area contributed by atoms with E-state index < -0.39 is 0 Å². The molecule has 1 aromatic heterocycles. The smallest absolute Gasteiger partial charge is 0.119 e. The summed E-state index contributed by atoms with van der Waals surface area (Å²) in [6.45, 7) is 5.27. The molecule has 1 N–H and O–H groups in total. The van der Waals surface area contributed by atoms with Gasteiger partial charge in [-0.05, 0) is 60.6 Å². The van der Waals surface area contributed by atoms with Gasteiger partial charge in [-0.15, -0.1) is 0 Å². The Morgan fingerprint density at radius 3 is 2.61 bits per heavy atom. The van der Waals surface area contributed by atoms with Crippen molar-refractivity contribution in [2.75, 3.05) is 6.61 Å². The van der Waals surface area contributed by atoms with Crippen molar-refractivity contribution < 1.29 is 4.74 Å². The molecule has 2 aromatic carbocycles. The summed E-state index contributed by atoms with van der Waals surface area (Å²) in [6.07, 6.45) is 5.48. The Kier molecular flexibility index (Phi) is 5.02. The van der Waals surface area contributed by atoms with Crippen LogP contribution in [-0.2, 0) is 6.42 Å². The lowest BCUT2D eigenvalue weighted by Gasteiger charge is -2.07. The van der Waals surface area contributed by atoms with Crippen molar-refractivity contribution >= 4 is 10.9 Å². The number of hydrogen-bond donors (Lipinski definition) is 1. The number of aryl methyl sites for hydroxylation is 1. The number of H-pyrrole nitrogens is 1. The van der Waals surface area contributed by atoms with Gasteiger partial charge in [-0.1, -0.05) is 38.1 Å². The van der Waals surface area contributed by atoms with E-state index in [0.717, 1.165) is 31.6 Å². The first kappa shape index (κ1) is 15.7. The summed E-state index contributed by atoms with van der Waals surface area (Å²) in [7, 11) is 0. The van der Waals surface area contributed by atoms with Gasteiger partial charge in [0.25, 0.3) is 0 Å². The van der Waals surface area contributed by atoms with E-state index in [-0.39, 0.29) is 0 Å². The maximum Gasteiger partial charge on any atom is 0.119 e. The van der Waals surface area contributed by atoms with Gasteiger partial charge in [0.05, 0.1) is 6.61 Å². The van der Waals surface area contributed by atoms with Crippen LogP contribution in [0.5, 0.6) is 5.75 Å². The number of fused-ring (bicyclic) bond motifs is 1. The molecular formula is C21H25NO. The highest BCUT2D eigenvalue weighted by Crippen LogP contribution is 2.25. The molecule has 3 rings (SSSR count). The number of benzene rings is 2. The van der Waals surface area contributed by atoms with Gasteiger partial charge >= 0.3 is 0 Å². The molecule has 0 radical (unpaired) electrons. The molecule has 2 nitrogen and oxygen atoms in total. The Labute approximate surface area is 138 Å². The number of nitrogens with one attached hydrogen (secondary N) is 1. The largest absolute Gasteiger partial charge is 0.494 e. The highest BCUT2D eigenvalue weighted by atomic mass is 16.5. The molecule has 0 bridgehead atoms. The third kappa shape index (κ3) is 3.95. The van der Waals surface area contributed by atoms with E-state index in [1.165, 1.54) is 22.0 Å². The summed E-state index contributed by atoms with van der Waals surface area (Å²) in [5.74, 6) is 1.53. The third-order valence-corrected chi connectivity index (χ3v) is 4.31. The van der Waals surface area contributed by atoms with Crippen molar-refractivity contribution in [3.8, 4) is 5.75 Å². The number of aromatic amines is 1. The van der Waals surface area contributed by atoms with Crippen molar-refractivity contribution in [2.45, 2.75) is 39.0 Å². The quantitative estimate of drug-likeness (QED) is 0.557. The number of rotatable bonds is 7. The van der Waals surface area contributed by atoms with Crippen molar-refractivity contribution in [1.82, 2.24) is 4.98 Å². The van der Waals surface area contributed by atoms with Crippen molar-refractivity contribution in [3.05, 3.63) is 65.9 Å². The van der Waals surface area contributed by atoms with Crippen LogP contribution >= 0.6 is 0 Å². The van der Waals surface area contributed by atoms with Crippen molar-refractivity contribution in [1.29, 1.82) is 0 Å². The Hall–Kier alpha value is -2.22. The summed E-state index contributed by atoms with van der Waals surface area (Å²) >= 11 is 0. The van der Waals surface area contributed by atoms with E-state index in [9.17, 15) is 0 Å². The monoisotopic (exact) mass is 307 g/mol. The second-order valence-electron chi connectivity index (χ2n) is 6.39. The maximum absolute atomic E-state index is 5.76. The zero-order valence-electron chi connectivity index (χ0n) is 14.0. The number of para-hydroxylation sites is 1. The highest BCUT2D eigenvalue weighted by Gasteiger charge is 2.06. The fraction of sp³-hybridized carbons (Fsp3) is 0.333. The second kappa shape index (κ2) is 7.36. The van der Waals surface area contributed by atoms with Crippen LogP contribution in [0.1, 0.15) is 43.7 Å². The Morgan fingerprint density at radius 1 is 1.00 bits per heavy atom. The van der Waals surface area contributed by atoms with Crippen LogP contribution in [0.25, 0.3) is 10.9 Å². The van der Waals surface area contributed by atoms with E-state index in [2.05, 4.69) is 43.2 Å². The van der Waals surface area contributed by atoms with Crippen LogP contribution in [0.2, 0.25) is 0 Å². The minimum atomic E-state index is 0.571. The molecule has 0 amide bonds. The van der Waals surface area contributed by atoms with Crippen LogP contribution in [0.4, 0.5) is 0 Å². The Morgan fingerprint density at radius 2 is 1.83 bits per heavy atom. The van der Waals surface area contributed by atoms with Gasteiger partial charge in [-0.3, -0.25) is 0 Å². The zero-order chi connectivity index (χ0) is 16.1. The van der Waals surface area contributed by atoms with Gasteiger partial charge in [0.15, 0.2) is 0 Å². The van der Waals surface area contributed by atoms with Gasteiger partial charge in [0.1, 0.15) is 5.75 Å². The molecule has 0 aliphatic rings. The number of hydrogen-bond acceptors (Lipinski definition) is 1. The SMILES string of the molecule is CC(C)c1ccc2[nH]cc(CCCCOc3ccccc3)c2c1. The summed E-state index contributed by atoms with van der Waals surface area (Å²) in [6, 6.07) is 16.8. The summed E-state index contributed by atoms with van der Waals surface area (Å²) in [4.78, 5) is 3.39. The standard InChI is InChI=1S/C21H25NO/c1-16(2)17-11-12-21-20(14-17)18(15-22-21)8-6-7-13-23-19-9-4-3-5-10-19/h3-5,9-12,14-16,22H,6-8,13H2,1-2H3. The van der Waals surface area contributed by atoms with Gasteiger partial charge in [0.2, 0.25) is 0 Å². The molecule has 1 heterocycles. The van der Waals surface area contributed by atoms with Gasteiger partial charge in [-0.2, -0.15) is 0 Å². The minimum absolute atomic E-state index is 0.571. The van der Waals surface area contributed by atoms with E-state index in [1.54, 1.807) is 0 Å². The lowest BCUT2D eigenvalue weighted by Crippen LogP contribution is -1.98. The Balaban J connectivity index is 1.54. The third-order valence-electron chi connectivity index (χ3n) is 4.31. The van der Waals surface area contributed by atoms with E-state index in [1.807, 2.05) is 30.3 Å². The molecular weight excluding hydrogens is 282 g/mol. The van der Waals surface area contributed by atoms with E-state index in [4.69, 9.17) is 4.74 Å². The first-order valence-corrected chi connectivity index (χ1v) is 8.52. The topological polar surface area (TPSA) is 25.0 Å². The lowest BCUT2D eigenvalue weighted by atomic mass is 9.99. The molecule has 3 aromatic rings. The number of ether oxygens (including phenoxy) is 1. The molecule has 0 spiro atoms. The maximum atomic E-state index is 5.76. The fourth-order valence-corrected chi connectivity index (χ4v) is 2.89. The predicted molar refractivity (Wildman–Crippen MR) is 97.3 cm³/mol. The van der Waals surface area contributed by atoms with Gasteiger partial charge < -0.3 is 9.72 Å². The van der Waals surface area contributed by atoms with Crippen molar-refractivity contribution in [3.63, 3.8) is 0 Å². The predicted octanol–water partition coefficient (Wildman–Crippen LogP) is 5.69. The average molecular weight is 307 g/mol. The molecule has 0 saturated carbocycles. The molecule has 120 valence electrons. The molecule has 23 heavy (non-hydrogen) atoms. The summed E-state index contributed by atoms with van der Waals surface area (Å²) < 4.78 is 5.76. The van der Waals surface area contributed by atoms with E-state index in [0.29, 0.717) is 5.92 Å². The van der Waals surface area contributed by atoms with Gasteiger partial charge in [-0.25, -0.2) is 0 Å². The number of aromatic nitrogens is 1. The molecule has 2 heteroatoms. The first-order chi connectivity index (χ1) is 11.2. The second-order valence-corrected chi connectivity index (χ2v) is 6.39. The summed E-state index contributed by atoms with van der Waals surface area (Å²) in [5.41, 5.74) is 4.07. The average Bonchev–Trinajstić information content (AvgIpc) is 2.98. The summed E-state index contributed by atoms with van der Waals surface area (Å²) in [5, 5.41) is 1.38. The van der Waals surface area contributed by atoms with E-state index >= 15 is 0 Å². The van der Waals surface area contributed by atoms with Crippen LogP contribution in [0, 0.1) is 0 Å². The fourth-order valence-electron chi connectivity index (χ4n) is 2.89. The molecule has 0 fully saturated rings. The van der Waals surface area contributed by atoms with Crippen LogP contribution in [0.3, 0.4) is 0 Å². The normalized spacial score (nSPS) is 11.3. The molecule has 0 unspecified atom stereocenters. The van der Waals surface area contributed by atoms with Crippen LogP contribution in [-0.4, -0.2) is 11.6 Å². The zero-order valence-corrected chi connectivity index (χ0v) is 14.0. The molecule has 0 atom stereocenters. The van der Waals surface area contributed by atoms with Crippen molar-refractivity contribution in [2.24, 2.45) is 0 Å². The molecule has 0 aliphatic heterocycles. The molecule has 0 aliphatic carbocycles. The van der Waals surface area contributed by atoms with Gasteiger partial charge in [0, 0.05) is 17.1 Å². The van der Waals surface area contributed by atoms with Crippen LogP contribution < -0.4 is 4.74 Å². The first-order valence-electron chi connectivity index (χ1n) is 8.52. The lowest BCUT2D eigenvalue weighted by molar-refractivity contribution is 0.307. The minimum Gasteiger partial charge on any atom is -0.494 e.